The molecule has 2 N–H and O–H groups in total. The Labute approximate surface area is 87.4 Å². The molecule has 0 aliphatic carbocycles. The summed E-state index contributed by atoms with van der Waals surface area (Å²) in [5, 5.41) is 0. The van der Waals surface area contributed by atoms with E-state index >= 15 is 0 Å². The summed E-state index contributed by atoms with van der Waals surface area (Å²) < 4.78 is 23.4. The number of anilines is 2. The van der Waals surface area contributed by atoms with Crippen LogP contribution in [0.15, 0.2) is 23.1 Å². The van der Waals surface area contributed by atoms with Crippen LogP contribution >= 0.6 is 0 Å². The summed E-state index contributed by atoms with van der Waals surface area (Å²) in [6.07, 6.45) is 0. The van der Waals surface area contributed by atoms with Crippen molar-refractivity contribution in [3.8, 4) is 0 Å². The lowest BCUT2D eigenvalue weighted by atomic mass is 10.2. The lowest BCUT2D eigenvalue weighted by Gasteiger charge is -2.25. The van der Waals surface area contributed by atoms with Gasteiger partial charge in [-0.3, -0.25) is 4.79 Å². The first-order valence-electron chi connectivity index (χ1n) is 4.30. The van der Waals surface area contributed by atoms with Crippen molar-refractivity contribution in [2.24, 2.45) is 0 Å². The summed E-state index contributed by atoms with van der Waals surface area (Å²) in [5.41, 5.74) is 6.28. The highest BCUT2D eigenvalue weighted by molar-refractivity contribution is 7.92. The number of hydrogen-bond acceptors (Lipinski definition) is 4. The molecule has 1 aliphatic heterocycles. The van der Waals surface area contributed by atoms with Crippen LogP contribution < -0.4 is 10.6 Å². The summed E-state index contributed by atoms with van der Waals surface area (Å²) in [5.74, 6) is -0.910. The molecule has 5 nitrogen and oxygen atoms in total. The van der Waals surface area contributed by atoms with E-state index in [0.717, 1.165) is 0 Å². The Balaban J connectivity index is 2.75. The zero-order valence-corrected chi connectivity index (χ0v) is 8.91. The number of rotatable bonds is 0. The summed E-state index contributed by atoms with van der Waals surface area (Å²) in [4.78, 5) is 12.8. The zero-order chi connectivity index (χ0) is 11.2. The van der Waals surface area contributed by atoms with Crippen molar-refractivity contribution in [1.29, 1.82) is 0 Å². The minimum absolute atomic E-state index is 0.129. The number of carbonyl (C=O) groups is 1. The standard InChI is InChI=1S/C9H10N2O3S/c1-11-7-3-2-6(10)4-8(7)15(13,14)5-9(11)12/h2-4H,5,10H2,1H3. The number of carbonyl (C=O) groups excluding carboxylic acids is 1. The average molecular weight is 226 g/mol. The van der Waals surface area contributed by atoms with Gasteiger partial charge in [0.25, 0.3) is 0 Å². The second-order valence-electron chi connectivity index (χ2n) is 3.44. The smallest absolute Gasteiger partial charge is 0.242 e. The average Bonchev–Trinajstić information content (AvgIpc) is 2.14. The fourth-order valence-corrected chi connectivity index (χ4v) is 3.04. The van der Waals surface area contributed by atoms with Crippen molar-refractivity contribution < 1.29 is 13.2 Å². The minimum Gasteiger partial charge on any atom is -0.399 e. The Kier molecular flexibility index (Phi) is 1.97. The topological polar surface area (TPSA) is 80.5 Å². The monoisotopic (exact) mass is 226 g/mol. The largest absolute Gasteiger partial charge is 0.399 e. The van der Waals surface area contributed by atoms with Gasteiger partial charge in [0.2, 0.25) is 5.91 Å². The third-order valence-corrected chi connectivity index (χ3v) is 3.99. The van der Waals surface area contributed by atoms with E-state index in [1.165, 1.54) is 11.0 Å². The van der Waals surface area contributed by atoms with Crippen molar-refractivity contribution in [3.05, 3.63) is 18.2 Å². The molecule has 1 aliphatic rings. The number of nitrogen functional groups attached to an aromatic ring is 1. The number of fused-ring (bicyclic) bond motifs is 1. The van der Waals surface area contributed by atoms with E-state index in [4.69, 9.17) is 5.73 Å². The van der Waals surface area contributed by atoms with E-state index in [9.17, 15) is 13.2 Å². The molecule has 0 saturated carbocycles. The van der Waals surface area contributed by atoms with Gasteiger partial charge in [-0.15, -0.1) is 0 Å². The molecule has 0 spiro atoms. The molecule has 1 amide bonds. The summed E-state index contributed by atoms with van der Waals surface area (Å²) in [6, 6.07) is 4.50. The van der Waals surface area contributed by atoms with Gasteiger partial charge < -0.3 is 10.6 Å². The van der Waals surface area contributed by atoms with Crippen LogP contribution in [0.2, 0.25) is 0 Å². The second-order valence-corrected chi connectivity index (χ2v) is 5.40. The van der Waals surface area contributed by atoms with Crippen LogP contribution in [0.5, 0.6) is 0 Å². The Hall–Kier alpha value is -1.56. The molecule has 1 aromatic rings. The Morgan fingerprint density at radius 1 is 1.40 bits per heavy atom. The minimum atomic E-state index is -3.52. The second kappa shape index (κ2) is 2.96. The fourth-order valence-electron chi connectivity index (χ4n) is 1.53. The van der Waals surface area contributed by atoms with Gasteiger partial charge in [-0.25, -0.2) is 8.42 Å². The van der Waals surface area contributed by atoms with Gasteiger partial charge in [-0.2, -0.15) is 0 Å². The molecule has 0 saturated heterocycles. The molecular weight excluding hydrogens is 216 g/mol. The van der Waals surface area contributed by atoms with Crippen LogP contribution in [0.3, 0.4) is 0 Å². The molecule has 2 rings (SSSR count). The highest BCUT2D eigenvalue weighted by atomic mass is 32.2. The third-order valence-electron chi connectivity index (χ3n) is 2.37. The van der Waals surface area contributed by atoms with Gasteiger partial charge >= 0.3 is 0 Å². The Morgan fingerprint density at radius 3 is 2.73 bits per heavy atom. The first-order valence-corrected chi connectivity index (χ1v) is 5.96. The molecule has 0 aromatic heterocycles. The maximum atomic E-state index is 11.7. The van der Waals surface area contributed by atoms with Gasteiger partial charge in [0, 0.05) is 12.7 Å². The fraction of sp³-hybridized carbons (Fsp3) is 0.222. The molecule has 0 fully saturated rings. The first-order chi connectivity index (χ1) is 6.92. The van der Waals surface area contributed by atoms with Crippen LogP contribution in [0, 0.1) is 0 Å². The number of benzene rings is 1. The van der Waals surface area contributed by atoms with Gasteiger partial charge in [-0.1, -0.05) is 0 Å². The highest BCUT2D eigenvalue weighted by Crippen LogP contribution is 2.31. The number of nitrogens with zero attached hydrogens (tertiary/aromatic N) is 1. The van der Waals surface area contributed by atoms with Crippen LogP contribution in [0.1, 0.15) is 0 Å². The lowest BCUT2D eigenvalue weighted by molar-refractivity contribution is -0.116. The number of sulfone groups is 1. The molecule has 6 heteroatoms. The maximum Gasteiger partial charge on any atom is 0.242 e. The molecule has 1 aromatic carbocycles. The van der Waals surface area contributed by atoms with Gasteiger partial charge in [0.15, 0.2) is 9.84 Å². The van der Waals surface area contributed by atoms with Crippen LogP contribution in [0.4, 0.5) is 11.4 Å². The quantitative estimate of drug-likeness (QED) is 0.632. The predicted molar refractivity (Wildman–Crippen MR) is 56.3 cm³/mol. The lowest BCUT2D eigenvalue weighted by Crippen LogP contribution is -2.37. The Morgan fingerprint density at radius 2 is 2.07 bits per heavy atom. The summed E-state index contributed by atoms with van der Waals surface area (Å²) in [7, 11) is -1.97. The molecule has 15 heavy (non-hydrogen) atoms. The van der Waals surface area contributed by atoms with Crippen molar-refractivity contribution in [2.45, 2.75) is 4.90 Å². The SMILES string of the molecule is CN1C(=O)CS(=O)(=O)c2cc(N)ccc21. The van der Waals surface area contributed by atoms with Crippen molar-refractivity contribution >= 4 is 27.1 Å². The Bertz CT molecular complexity index is 536. The summed E-state index contributed by atoms with van der Waals surface area (Å²) >= 11 is 0. The summed E-state index contributed by atoms with van der Waals surface area (Å²) in [6.45, 7) is 0. The molecule has 0 unspecified atom stereocenters. The van der Waals surface area contributed by atoms with E-state index in [2.05, 4.69) is 0 Å². The number of hydrogen-bond donors (Lipinski definition) is 1. The normalized spacial score (nSPS) is 18.7. The molecule has 80 valence electrons. The zero-order valence-electron chi connectivity index (χ0n) is 8.10. The maximum absolute atomic E-state index is 11.7. The molecule has 0 radical (unpaired) electrons. The van der Waals surface area contributed by atoms with Crippen molar-refractivity contribution in [1.82, 2.24) is 0 Å². The van der Waals surface area contributed by atoms with E-state index in [-0.39, 0.29) is 4.90 Å². The highest BCUT2D eigenvalue weighted by Gasteiger charge is 2.32. The molecule has 0 bridgehead atoms. The first kappa shape index (κ1) is 9.97. The predicted octanol–water partition coefficient (Wildman–Crippen LogP) is 0.0189. The van der Waals surface area contributed by atoms with Crippen molar-refractivity contribution in [3.63, 3.8) is 0 Å². The molecule has 0 atom stereocenters. The molecule has 1 heterocycles. The van der Waals surface area contributed by atoms with E-state index in [1.807, 2.05) is 0 Å². The number of nitrogens with two attached hydrogens (primary N) is 1. The van der Waals surface area contributed by atoms with Crippen LogP contribution in [0.25, 0.3) is 0 Å². The van der Waals surface area contributed by atoms with Crippen LogP contribution in [-0.2, 0) is 14.6 Å². The van der Waals surface area contributed by atoms with Crippen molar-refractivity contribution in [2.75, 3.05) is 23.4 Å². The third kappa shape index (κ3) is 1.46. The van der Waals surface area contributed by atoms with E-state index < -0.39 is 21.5 Å². The van der Waals surface area contributed by atoms with Gasteiger partial charge in [-0.05, 0) is 18.2 Å². The van der Waals surface area contributed by atoms with Crippen LogP contribution in [-0.4, -0.2) is 27.1 Å². The number of amides is 1. The van der Waals surface area contributed by atoms with E-state index in [1.54, 1.807) is 19.2 Å². The van der Waals surface area contributed by atoms with Gasteiger partial charge in [0.05, 0.1) is 10.6 Å². The van der Waals surface area contributed by atoms with Gasteiger partial charge in [0.1, 0.15) is 5.75 Å². The van der Waals surface area contributed by atoms with E-state index in [0.29, 0.717) is 11.4 Å². The molecular formula is C9H10N2O3S.